The summed E-state index contributed by atoms with van der Waals surface area (Å²) in [4.78, 5) is 8.88. The average Bonchev–Trinajstić information content (AvgIpc) is 2.99. The molecule has 3 nitrogen and oxygen atoms in total. The van der Waals surface area contributed by atoms with Crippen molar-refractivity contribution < 1.29 is 0 Å². The number of aromatic nitrogens is 2. The zero-order valence-electron chi connectivity index (χ0n) is 8.07. The van der Waals surface area contributed by atoms with Crippen molar-refractivity contribution in [2.24, 2.45) is 0 Å². The highest BCUT2D eigenvalue weighted by molar-refractivity contribution is 9.10. The van der Waals surface area contributed by atoms with E-state index < -0.39 is 0 Å². The van der Waals surface area contributed by atoms with Crippen molar-refractivity contribution in [3.8, 4) is 0 Å². The largest absolute Gasteiger partial charge is 0.383 e. The van der Waals surface area contributed by atoms with Crippen LogP contribution in [0, 0.1) is 0 Å². The molecule has 0 spiro atoms. The van der Waals surface area contributed by atoms with Crippen molar-refractivity contribution in [2.75, 3.05) is 5.73 Å². The Morgan fingerprint density at radius 2 is 2.07 bits per heavy atom. The van der Waals surface area contributed by atoms with Gasteiger partial charge in [0.15, 0.2) is 0 Å². The van der Waals surface area contributed by atoms with Crippen LogP contribution in [-0.4, -0.2) is 9.97 Å². The maximum absolute atomic E-state index is 5.91. The van der Waals surface area contributed by atoms with Crippen LogP contribution in [0.1, 0.15) is 24.6 Å². The first-order valence-electron chi connectivity index (χ1n) is 4.97. The third kappa shape index (κ3) is 1.59. The van der Waals surface area contributed by atoms with Crippen molar-refractivity contribution >= 4 is 32.7 Å². The van der Waals surface area contributed by atoms with E-state index in [1.807, 2.05) is 18.2 Å². The fraction of sp³-hybridized carbons (Fsp3) is 0.273. The summed E-state index contributed by atoms with van der Waals surface area (Å²) >= 11 is 3.43. The Labute approximate surface area is 95.8 Å². The molecule has 0 saturated heterocycles. The Morgan fingerprint density at radius 3 is 2.80 bits per heavy atom. The standard InChI is InChI=1S/C11H10BrN3/c12-7-3-4-8-9(5-7)14-11(6-1-2-6)15-10(8)13/h3-6H,1-2H2,(H2,13,14,15). The molecule has 1 heterocycles. The molecule has 2 aromatic rings. The molecular weight excluding hydrogens is 254 g/mol. The van der Waals surface area contributed by atoms with E-state index in [0.29, 0.717) is 11.7 Å². The minimum atomic E-state index is 0.538. The summed E-state index contributed by atoms with van der Waals surface area (Å²) in [5.41, 5.74) is 6.84. The lowest BCUT2D eigenvalue weighted by molar-refractivity contribution is 0.952. The predicted octanol–water partition coefficient (Wildman–Crippen LogP) is 2.85. The highest BCUT2D eigenvalue weighted by atomic mass is 79.9. The van der Waals surface area contributed by atoms with Gasteiger partial charge in [0.05, 0.1) is 5.52 Å². The fourth-order valence-corrected chi connectivity index (χ4v) is 2.02. The lowest BCUT2D eigenvalue weighted by Gasteiger charge is -2.04. The maximum Gasteiger partial charge on any atom is 0.135 e. The highest BCUT2D eigenvalue weighted by Crippen LogP contribution is 2.39. The van der Waals surface area contributed by atoms with E-state index in [1.165, 1.54) is 12.8 Å². The summed E-state index contributed by atoms with van der Waals surface area (Å²) in [6.07, 6.45) is 2.39. The van der Waals surface area contributed by atoms with Gasteiger partial charge in [-0.25, -0.2) is 9.97 Å². The minimum absolute atomic E-state index is 0.538. The fourth-order valence-electron chi connectivity index (χ4n) is 1.67. The number of hydrogen-bond acceptors (Lipinski definition) is 3. The van der Waals surface area contributed by atoms with Crippen molar-refractivity contribution in [3.63, 3.8) is 0 Å². The molecule has 3 rings (SSSR count). The number of nitrogen functional groups attached to an aromatic ring is 1. The molecule has 0 aliphatic heterocycles. The molecule has 15 heavy (non-hydrogen) atoms. The first kappa shape index (κ1) is 9.09. The van der Waals surface area contributed by atoms with Gasteiger partial charge in [0.25, 0.3) is 0 Å². The quantitative estimate of drug-likeness (QED) is 0.861. The Kier molecular flexibility index (Phi) is 1.92. The Balaban J connectivity index is 2.27. The van der Waals surface area contributed by atoms with Crippen molar-refractivity contribution in [3.05, 3.63) is 28.5 Å². The number of halogens is 1. The van der Waals surface area contributed by atoms with Gasteiger partial charge in [-0.2, -0.15) is 0 Å². The van der Waals surface area contributed by atoms with Crippen molar-refractivity contribution in [1.82, 2.24) is 9.97 Å². The third-order valence-electron chi connectivity index (χ3n) is 2.65. The number of nitrogens with two attached hydrogens (primary N) is 1. The van der Waals surface area contributed by atoms with Crippen LogP contribution in [-0.2, 0) is 0 Å². The highest BCUT2D eigenvalue weighted by Gasteiger charge is 2.27. The molecule has 0 radical (unpaired) electrons. The zero-order chi connectivity index (χ0) is 10.4. The first-order chi connectivity index (χ1) is 7.24. The second-order valence-electron chi connectivity index (χ2n) is 3.90. The Morgan fingerprint density at radius 1 is 1.27 bits per heavy atom. The van der Waals surface area contributed by atoms with E-state index in [4.69, 9.17) is 5.73 Å². The topological polar surface area (TPSA) is 51.8 Å². The molecule has 0 unspecified atom stereocenters. The van der Waals surface area contributed by atoms with Gasteiger partial charge in [-0.3, -0.25) is 0 Å². The van der Waals surface area contributed by atoms with E-state index in [1.54, 1.807) is 0 Å². The van der Waals surface area contributed by atoms with E-state index in [0.717, 1.165) is 21.2 Å². The van der Waals surface area contributed by atoms with Crippen molar-refractivity contribution in [1.29, 1.82) is 0 Å². The summed E-state index contributed by atoms with van der Waals surface area (Å²) in [5, 5.41) is 0.933. The maximum atomic E-state index is 5.91. The van der Waals surface area contributed by atoms with Crippen LogP contribution in [0.4, 0.5) is 5.82 Å². The molecule has 76 valence electrons. The SMILES string of the molecule is Nc1nc(C2CC2)nc2cc(Br)ccc12. The predicted molar refractivity (Wildman–Crippen MR) is 63.6 cm³/mol. The summed E-state index contributed by atoms with van der Waals surface area (Å²) in [5.74, 6) is 2.03. The summed E-state index contributed by atoms with van der Waals surface area (Å²) in [6, 6.07) is 5.89. The Bertz CT molecular complexity index is 535. The third-order valence-corrected chi connectivity index (χ3v) is 3.14. The van der Waals surface area contributed by atoms with Gasteiger partial charge in [-0.05, 0) is 31.0 Å². The number of anilines is 1. The van der Waals surface area contributed by atoms with Crippen LogP contribution in [0.25, 0.3) is 10.9 Å². The minimum Gasteiger partial charge on any atom is -0.383 e. The van der Waals surface area contributed by atoms with Crippen LogP contribution >= 0.6 is 15.9 Å². The molecule has 0 atom stereocenters. The molecule has 1 aromatic carbocycles. The molecule has 2 N–H and O–H groups in total. The molecule has 1 fully saturated rings. The number of fused-ring (bicyclic) bond motifs is 1. The van der Waals surface area contributed by atoms with E-state index >= 15 is 0 Å². The van der Waals surface area contributed by atoms with Crippen molar-refractivity contribution in [2.45, 2.75) is 18.8 Å². The molecule has 0 bridgehead atoms. The van der Waals surface area contributed by atoms with E-state index in [9.17, 15) is 0 Å². The summed E-state index contributed by atoms with van der Waals surface area (Å²) in [7, 11) is 0. The normalized spacial score (nSPS) is 15.8. The van der Waals surface area contributed by atoms with E-state index in [2.05, 4.69) is 25.9 Å². The molecule has 1 aliphatic rings. The number of hydrogen-bond donors (Lipinski definition) is 1. The smallest absolute Gasteiger partial charge is 0.135 e. The number of nitrogens with zero attached hydrogens (tertiary/aromatic N) is 2. The van der Waals surface area contributed by atoms with Gasteiger partial charge in [-0.1, -0.05) is 15.9 Å². The van der Waals surface area contributed by atoms with Gasteiger partial charge >= 0.3 is 0 Å². The number of rotatable bonds is 1. The average molecular weight is 264 g/mol. The second kappa shape index (κ2) is 3.17. The molecule has 1 saturated carbocycles. The lowest BCUT2D eigenvalue weighted by atomic mass is 10.2. The summed E-state index contributed by atoms with van der Waals surface area (Å²) in [6.45, 7) is 0. The summed E-state index contributed by atoms with van der Waals surface area (Å²) < 4.78 is 1.02. The molecule has 4 heteroatoms. The van der Waals surface area contributed by atoms with Crippen LogP contribution in [0.15, 0.2) is 22.7 Å². The second-order valence-corrected chi connectivity index (χ2v) is 4.82. The van der Waals surface area contributed by atoms with Gasteiger partial charge in [0, 0.05) is 15.8 Å². The van der Waals surface area contributed by atoms with Crippen LogP contribution in [0.2, 0.25) is 0 Å². The Hall–Kier alpha value is -1.16. The molecule has 0 amide bonds. The van der Waals surface area contributed by atoms with Gasteiger partial charge in [-0.15, -0.1) is 0 Å². The molecule has 1 aliphatic carbocycles. The van der Waals surface area contributed by atoms with Gasteiger partial charge < -0.3 is 5.73 Å². The van der Waals surface area contributed by atoms with Crippen LogP contribution in [0.5, 0.6) is 0 Å². The lowest BCUT2D eigenvalue weighted by Crippen LogP contribution is -1.99. The molecular formula is C11H10BrN3. The van der Waals surface area contributed by atoms with E-state index in [-0.39, 0.29) is 0 Å². The molecule has 1 aromatic heterocycles. The van der Waals surface area contributed by atoms with Gasteiger partial charge in [0.1, 0.15) is 11.6 Å². The van der Waals surface area contributed by atoms with Crippen LogP contribution in [0.3, 0.4) is 0 Å². The van der Waals surface area contributed by atoms with Gasteiger partial charge in [0.2, 0.25) is 0 Å². The zero-order valence-corrected chi connectivity index (χ0v) is 9.66. The first-order valence-corrected chi connectivity index (χ1v) is 5.76. The monoisotopic (exact) mass is 263 g/mol. The number of benzene rings is 1. The van der Waals surface area contributed by atoms with Crippen LogP contribution < -0.4 is 5.73 Å².